The Kier molecular flexibility index (Phi) is 8.07. The van der Waals surface area contributed by atoms with Crippen molar-refractivity contribution in [2.24, 2.45) is 5.16 Å². The second-order valence-electron chi connectivity index (χ2n) is 7.29. The minimum absolute atomic E-state index is 0.173. The summed E-state index contributed by atoms with van der Waals surface area (Å²) in [6, 6.07) is 11.5. The molecular formula is C23H30N2O4. The molecule has 1 amide bonds. The fraction of sp³-hybridized carbons (Fsp3) is 0.391. The van der Waals surface area contributed by atoms with Crippen LogP contribution in [0, 0.1) is 0 Å². The Balaban J connectivity index is 2.01. The molecule has 6 nitrogen and oxygen atoms in total. The Morgan fingerprint density at radius 3 is 2.17 bits per heavy atom. The van der Waals surface area contributed by atoms with Crippen LogP contribution in [0.3, 0.4) is 0 Å². The van der Waals surface area contributed by atoms with E-state index in [1.807, 2.05) is 24.3 Å². The van der Waals surface area contributed by atoms with E-state index in [4.69, 9.17) is 14.3 Å². The van der Waals surface area contributed by atoms with Crippen LogP contribution >= 0.6 is 0 Å². The fourth-order valence-electron chi connectivity index (χ4n) is 3.00. The SMILES string of the molecule is COc1ccc(/C=N\OCC(=O)Nc2c(C(C)C)cccc2C(C)C)cc1OC. The van der Waals surface area contributed by atoms with Crippen LogP contribution in [0.1, 0.15) is 56.2 Å². The van der Waals surface area contributed by atoms with E-state index in [-0.39, 0.29) is 12.5 Å². The summed E-state index contributed by atoms with van der Waals surface area (Å²) in [5.74, 6) is 1.58. The maximum absolute atomic E-state index is 12.4. The van der Waals surface area contributed by atoms with E-state index in [0.29, 0.717) is 23.3 Å². The van der Waals surface area contributed by atoms with Crippen molar-refractivity contribution in [3.8, 4) is 11.5 Å². The van der Waals surface area contributed by atoms with Crippen LogP contribution in [0.25, 0.3) is 0 Å². The van der Waals surface area contributed by atoms with E-state index in [1.165, 1.54) is 6.21 Å². The zero-order valence-corrected chi connectivity index (χ0v) is 18.0. The molecule has 2 aromatic rings. The number of benzene rings is 2. The number of nitrogens with zero attached hydrogens (tertiary/aromatic N) is 1. The first-order chi connectivity index (χ1) is 13.9. The minimum Gasteiger partial charge on any atom is -0.493 e. The molecule has 2 aromatic carbocycles. The Morgan fingerprint density at radius 2 is 1.62 bits per heavy atom. The van der Waals surface area contributed by atoms with E-state index in [2.05, 4.69) is 38.2 Å². The number of nitrogens with one attached hydrogen (secondary N) is 1. The summed E-state index contributed by atoms with van der Waals surface area (Å²) < 4.78 is 10.5. The van der Waals surface area contributed by atoms with Gasteiger partial charge in [-0.3, -0.25) is 4.79 Å². The molecule has 0 saturated carbocycles. The van der Waals surface area contributed by atoms with E-state index in [0.717, 1.165) is 22.4 Å². The molecular weight excluding hydrogens is 368 g/mol. The predicted octanol–water partition coefficient (Wildman–Crippen LogP) is 4.94. The molecule has 156 valence electrons. The van der Waals surface area contributed by atoms with Gasteiger partial charge in [0.1, 0.15) is 0 Å². The molecule has 0 radical (unpaired) electrons. The molecule has 0 aromatic heterocycles. The molecule has 0 spiro atoms. The van der Waals surface area contributed by atoms with Gasteiger partial charge in [0.15, 0.2) is 18.1 Å². The third-order valence-electron chi connectivity index (χ3n) is 4.52. The highest BCUT2D eigenvalue weighted by Crippen LogP contribution is 2.32. The first-order valence-electron chi connectivity index (χ1n) is 9.67. The summed E-state index contributed by atoms with van der Waals surface area (Å²) in [5.41, 5.74) is 3.86. The van der Waals surface area contributed by atoms with Gasteiger partial charge in [-0.1, -0.05) is 51.0 Å². The lowest BCUT2D eigenvalue weighted by Gasteiger charge is -2.19. The highest BCUT2D eigenvalue weighted by molar-refractivity contribution is 5.93. The molecule has 0 aliphatic rings. The summed E-state index contributed by atoms with van der Waals surface area (Å²) in [5, 5.41) is 6.89. The van der Waals surface area contributed by atoms with Gasteiger partial charge >= 0.3 is 0 Å². The number of hydrogen-bond donors (Lipinski definition) is 1. The minimum atomic E-state index is -0.246. The standard InChI is InChI=1S/C23H30N2O4/c1-15(2)18-8-7-9-19(16(3)4)23(18)25-22(26)14-29-24-13-17-10-11-20(27-5)21(12-17)28-6/h7-13,15-16H,14H2,1-6H3,(H,25,26)/b24-13-. The molecule has 29 heavy (non-hydrogen) atoms. The molecule has 6 heteroatoms. The summed E-state index contributed by atoms with van der Waals surface area (Å²) in [7, 11) is 3.15. The van der Waals surface area contributed by atoms with Gasteiger partial charge in [0.2, 0.25) is 0 Å². The highest BCUT2D eigenvalue weighted by atomic mass is 16.6. The molecule has 0 saturated heterocycles. The monoisotopic (exact) mass is 398 g/mol. The van der Waals surface area contributed by atoms with Crippen molar-refractivity contribution >= 4 is 17.8 Å². The Morgan fingerprint density at radius 1 is 1.00 bits per heavy atom. The summed E-state index contributed by atoms with van der Waals surface area (Å²) in [6.45, 7) is 8.27. The number of rotatable bonds is 9. The van der Waals surface area contributed by atoms with Crippen LogP contribution in [0.5, 0.6) is 11.5 Å². The van der Waals surface area contributed by atoms with Gasteiger partial charge < -0.3 is 19.6 Å². The number of carbonyl (C=O) groups excluding carboxylic acids is 1. The molecule has 0 unspecified atom stereocenters. The number of anilines is 1. The molecule has 0 bridgehead atoms. The fourth-order valence-corrected chi connectivity index (χ4v) is 3.00. The van der Waals surface area contributed by atoms with Gasteiger partial charge in [-0.25, -0.2) is 0 Å². The lowest BCUT2D eigenvalue weighted by molar-refractivity contribution is -0.120. The topological polar surface area (TPSA) is 69.2 Å². The second-order valence-corrected chi connectivity index (χ2v) is 7.29. The van der Waals surface area contributed by atoms with E-state index in [1.54, 1.807) is 26.4 Å². The van der Waals surface area contributed by atoms with Crippen molar-refractivity contribution < 1.29 is 19.1 Å². The van der Waals surface area contributed by atoms with Crippen LogP contribution in [0.4, 0.5) is 5.69 Å². The van der Waals surface area contributed by atoms with Gasteiger partial charge in [-0.05, 0) is 41.2 Å². The van der Waals surface area contributed by atoms with E-state index in [9.17, 15) is 4.79 Å². The summed E-state index contributed by atoms with van der Waals surface area (Å²) in [4.78, 5) is 17.6. The first-order valence-corrected chi connectivity index (χ1v) is 9.67. The van der Waals surface area contributed by atoms with Gasteiger partial charge in [0.25, 0.3) is 5.91 Å². The number of hydrogen-bond acceptors (Lipinski definition) is 5. The van der Waals surface area contributed by atoms with Crippen LogP contribution in [0.2, 0.25) is 0 Å². The molecule has 0 heterocycles. The van der Waals surface area contributed by atoms with Crippen molar-refractivity contribution in [2.75, 3.05) is 26.1 Å². The van der Waals surface area contributed by atoms with Gasteiger partial charge in [0.05, 0.1) is 20.4 Å². The first kappa shape index (κ1) is 22.3. The van der Waals surface area contributed by atoms with Crippen molar-refractivity contribution in [3.63, 3.8) is 0 Å². The number of amides is 1. The molecule has 1 N–H and O–H groups in total. The van der Waals surface area contributed by atoms with Crippen LogP contribution in [0.15, 0.2) is 41.6 Å². The normalized spacial score (nSPS) is 11.2. The third-order valence-corrected chi connectivity index (χ3v) is 4.52. The number of carbonyl (C=O) groups is 1. The number of oxime groups is 1. The van der Waals surface area contributed by atoms with Gasteiger partial charge in [0, 0.05) is 11.3 Å². The Bertz CT molecular complexity index is 834. The summed E-state index contributed by atoms with van der Waals surface area (Å²) >= 11 is 0. The number of ether oxygens (including phenoxy) is 2. The molecule has 0 aliphatic carbocycles. The van der Waals surface area contributed by atoms with Crippen molar-refractivity contribution in [2.45, 2.75) is 39.5 Å². The lowest BCUT2D eigenvalue weighted by atomic mass is 9.92. The van der Waals surface area contributed by atoms with Crippen molar-refractivity contribution in [1.29, 1.82) is 0 Å². The smallest absolute Gasteiger partial charge is 0.265 e. The zero-order chi connectivity index (χ0) is 21.4. The second kappa shape index (κ2) is 10.5. The van der Waals surface area contributed by atoms with Gasteiger partial charge in [-0.2, -0.15) is 0 Å². The van der Waals surface area contributed by atoms with Crippen LogP contribution < -0.4 is 14.8 Å². The maximum Gasteiger partial charge on any atom is 0.265 e. The largest absolute Gasteiger partial charge is 0.493 e. The van der Waals surface area contributed by atoms with E-state index < -0.39 is 0 Å². The lowest BCUT2D eigenvalue weighted by Crippen LogP contribution is -2.19. The quantitative estimate of drug-likeness (QED) is 0.480. The number of para-hydroxylation sites is 1. The zero-order valence-electron chi connectivity index (χ0n) is 18.0. The maximum atomic E-state index is 12.4. The summed E-state index contributed by atoms with van der Waals surface area (Å²) in [6.07, 6.45) is 1.52. The number of methoxy groups -OCH3 is 2. The van der Waals surface area contributed by atoms with Crippen LogP contribution in [-0.2, 0) is 9.63 Å². The van der Waals surface area contributed by atoms with Crippen LogP contribution in [-0.4, -0.2) is 32.9 Å². The molecule has 0 aliphatic heterocycles. The molecule has 0 fully saturated rings. The Labute approximate surface area is 172 Å². The van der Waals surface area contributed by atoms with Crippen molar-refractivity contribution in [1.82, 2.24) is 0 Å². The highest BCUT2D eigenvalue weighted by Gasteiger charge is 2.16. The Hall–Kier alpha value is -3.02. The predicted molar refractivity (Wildman–Crippen MR) is 116 cm³/mol. The third kappa shape index (κ3) is 5.98. The van der Waals surface area contributed by atoms with Crippen molar-refractivity contribution in [3.05, 3.63) is 53.1 Å². The average molecular weight is 399 g/mol. The molecule has 0 atom stereocenters. The van der Waals surface area contributed by atoms with E-state index >= 15 is 0 Å². The van der Waals surface area contributed by atoms with Gasteiger partial charge in [-0.15, -0.1) is 0 Å². The molecule has 2 rings (SSSR count). The average Bonchev–Trinajstić information content (AvgIpc) is 2.70.